The summed E-state index contributed by atoms with van der Waals surface area (Å²) >= 11 is 1.73. The lowest BCUT2D eigenvalue weighted by molar-refractivity contribution is -0.137. The standard InChI is InChI=1S/C13H16N2O2S/c14-9-11-10-15(6-7-17-11)13(16)5-1-3-12-4-2-8-18-12/h2,4,8,11H,1,3,5-7,10H2. The zero-order chi connectivity index (χ0) is 12.8. The van der Waals surface area contributed by atoms with Crippen molar-refractivity contribution in [3.05, 3.63) is 22.4 Å². The number of hydrogen-bond acceptors (Lipinski definition) is 4. The molecule has 0 N–H and O–H groups in total. The van der Waals surface area contributed by atoms with Gasteiger partial charge in [0.25, 0.3) is 0 Å². The molecule has 1 saturated heterocycles. The van der Waals surface area contributed by atoms with Crippen molar-refractivity contribution in [2.45, 2.75) is 25.4 Å². The van der Waals surface area contributed by atoms with Crippen LogP contribution in [0.3, 0.4) is 0 Å². The summed E-state index contributed by atoms with van der Waals surface area (Å²) in [4.78, 5) is 15.0. The Morgan fingerprint density at radius 3 is 3.28 bits per heavy atom. The predicted octanol–water partition coefficient (Wildman–Crippen LogP) is 1.82. The lowest BCUT2D eigenvalue weighted by Gasteiger charge is -2.29. The Labute approximate surface area is 111 Å². The smallest absolute Gasteiger partial charge is 0.222 e. The van der Waals surface area contributed by atoms with Gasteiger partial charge in [-0.15, -0.1) is 11.3 Å². The highest BCUT2D eigenvalue weighted by atomic mass is 32.1. The van der Waals surface area contributed by atoms with E-state index in [4.69, 9.17) is 10.00 Å². The highest BCUT2D eigenvalue weighted by Crippen LogP contribution is 2.13. The van der Waals surface area contributed by atoms with E-state index in [9.17, 15) is 4.79 Å². The minimum atomic E-state index is -0.458. The molecule has 0 bridgehead atoms. The van der Waals surface area contributed by atoms with E-state index in [-0.39, 0.29) is 5.91 Å². The SMILES string of the molecule is N#CC1CN(C(=O)CCCc2cccs2)CCO1. The Kier molecular flexibility index (Phi) is 4.73. The fourth-order valence-corrected chi connectivity index (χ4v) is 2.73. The van der Waals surface area contributed by atoms with Crippen LogP contribution in [0.1, 0.15) is 17.7 Å². The Bertz CT molecular complexity index is 425. The molecular weight excluding hydrogens is 248 g/mol. The van der Waals surface area contributed by atoms with Crippen molar-refractivity contribution < 1.29 is 9.53 Å². The van der Waals surface area contributed by atoms with Crippen molar-refractivity contribution >= 4 is 17.2 Å². The number of ether oxygens (including phenoxy) is 1. The van der Waals surface area contributed by atoms with Crippen LogP contribution in [-0.2, 0) is 16.0 Å². The molecular formula is C13H16N2O2S. The summed E-state index contributed by atoms with van der Waals surface area (Å²) in [7, 11) is 0. The summed E-state index contributed by atoms with van der Waals surface area (Å²) in [6, 6.07) is 6.17. The first-order chi connectivity index (χ1) is 8.79. The third-order valence-corrected chi connectivity index (χ3v) is 3.89. The van der Waals surface area contributed by atoms with Crippen LogP contribution in [0.4, 0.5) is 0 Å². The van der Waals surface area contributed by atoms with Gasteiger partial charge >= 0.3 is 0 Å². The molecule has 18 heavy (non-hydrogen) atoms. The summed E-state index contributed by atoms with van der Waals surface area (Å²) in [5.41, 5.74) is 0. The fraction of sp³-hybridized carbons (Fsp3) is 0.538. The number of hydrogen-bond donors (Lipinski definition) is 0. The van der Waals surface area contributed by atoms with Crippen molar-refractivity contribution in [3.8, 4) is 6.07 Å². The Hall–Kier alpha value is -1.38. The van der Waals surface area contributed by atoms with Gasteiger partial charge in [0.05, 0.1) is 19.2 Å². The normalized spacial score (nSPS) is 19.5. The molecule has 0 aliphatic carbocycles. The van der Waals surface area contributed by atoms with Crippen molar-refractivity contribution in [3.63, 3.8) is 0 Å². The molecule has 2 rings (SSSR count). The van der Waals surface area contributed by atoms with Gasteiger partial charge in [0.2, 0.25) is 5.91 Å². The van der Waals surface area contributed by atoms with E-state index >= 15 is 0 Å². The van der Waals surface area contributed by atoms with E-state index in [1.807, 2.05) is 6.07 Å². The molecule has 1 aromatic heterocycles. The lowest BCUT2D eigenvalue weighted by Crippen LogP contribution is -2.45. The predicted molar refractivity (Wildman–Crippen MR) is 69.2 cm³/mol. The largest absolute Gasteiger partial charge is 0.360 e. The van der Waals surface area contributed by atoms with Crippen LogP contribution in [0.5, 0.6) is 0 Å². The molecule has 0 radical (unpaired) electrons. The van der Waals surface area contributed by atoms with Gasteiger partial charge in [0, 0.05) is 17.8 Å². The third kappa shape index (κ3) is 3.56. The highest BCUT2D eigenvalue weighted by Gasteiger charge is 2.23. The molecule has 0 aromatic carbocycles. The Balaban J connectivity index is 1.72. The van der Waals surface area contributed by atoms with E-state index < -0.39 is 6.10 Å². The lowest BCUT2D eigenvalue weighted by atomic mass is 10.2. The topological polar surface area (TPSA) is 53.3 Å². The van der Waals surface area contributed by atoms with E-state index in [2.05, 4.69) is 17.5 Å². The van der Waals surface area contributed by atoms with Crippen molar-refractivity contribution in [1.82, 2.24) is 4.90 Å². The van der Waals surface area contributed by atoms with E-state index in [1.54, 1.807) is 16.2 Å². The van der Waals surface area contributed by atoms with Crippen LogP contribution in [-0.4, -0.2) is 36.6 Å². The van der Waals surface area contributed by atoms with Crippen LogP contribution < -0.4 is 0 Å². The first-order valence-electron chi connectivity index (χ1n) is 6.11. The molecule has 5 heteroatoms. The summed E-state index contributed by atoms with van der Waals surface area (Å²) in [6.45, 7) is 1.49. The number of amides is 1. The van der Waals surface area contributed by atoms with Gasteiger partial charge in [0.1, 0.15) is 0 Å². The molecule has 0 spiro atoms. The van der Waals surface area contributed by atoms with Crippen LogP contribution >= 0.6 is 11.3 Å². The molecule has 1 aromatic rings. The molecule has 96 valence electrons. The van der Waals surface area contributed by atoms with Crippen LogP contribution in [0.2, 0.25) is 0 Å². The molecule has 1 atom stereocenters. The Morgan fingerprint density at radius 2 is 2.56 bits per heavy atom. The maximum absolute atomic E-state index is 12.0. The number of thiophene rings is 1. The number of carbonyl (C=O) groups excluding carboxylic acids is 1. The van der Waals surface area contributed by atoms with Gasteiger partial charge in [-0.05, 0) is 24.3 Å². The molecule has 2 heterocycles. The van der Waals surface area contributed by atoms with Gasteiger partial charge in [-0.25, -0.2) is 0 Å². The number of rotatable bonds is 4. The average Bonchev–Trinajstić information content (AvgIpc) is 2.92. The Morgan fingerprint density at radius 1 is 1.67 bits per heavy atom. The maximum atomic E-state index is 12.0. The first kappa shape index (κ1) is 13.1. The number of carbonyl (C=O) groups is 1. The van der Waals surface area contributed by atoms with Crippen molar-refractivity contribution in [1.29, 1.82) is 5.26 Å². The zero-order valence-corrected chi connectivity index (χ0v) is 11.0. The summed E-state index contributed by atoms with van der Waals surface area (Å²) in [6.07, 6.45) is 1.92. The summed E-state index contributed by atoms with van der Waals surface area (Å²) in [5.74, 6) is 0.134. The maximum Gasteiger partial charge on any atom is 0.222 e. The summed E-state index contributed by atoms with van der Waals surface area (Å²) in [5, 5.41) is 10.8. The molecule has 4 nitrogen and oxygen atoms in total. The average molecular weight is 264 g/mol. The second-order valence-electron chi connectivity index (χ2n) is 4.26. The van der Waals surface area contributed by atoms with Gasteiger partial charge in [-0.1, -0.05) is 6.07 Å². The van der Waals surface area contributed by atoms with E-state index in [0.29, 0.717) is 26.1 Å². The third-order valence-electron chi connectivity index (χ3n) is 2.96. The van der Waals surface area contributed by atoms with Gasteiger partial charge in [-0.3, -0.25) is 4.79 Å². The highest BCUT2D eigenvalue weighted by molar-refractivity contribution is 7.09. The molecule has 1 fully saturated rings. The van der Waals surface area contributed by atoms with Gasteiger partial charge < -0.3 is 9.64 Å². The molecule has 1 aliphatic rings. The van der Waals surface area contributed by atoms with Crippen LogP contribution in [0, 0.1) is 11.3 Å². The second kappa shape index (κ2) is 6.53. The molecule has 1 unspecified atom stereocenters. The molecule has 1 amide bonds. The van der Waals surface area contributed by atoms with Crippen LogP contribution in [0.15, 0.2) is 17.5 Å². The minimum absolute atomic E-state index is 0.134. The monoisotopic (exact) mass is 264 g/mol. The van der Waals surface area contributed by atoms with Gasteiger partial charge in [-0.2, -0.15) is 5.26 Å². The van der Waals surface area contributed by atoms with E-state index in [0.717, 1.165) is 12.8 Å². The van der Waals surface area contributed by atoms with Gasteiger partial charge in [0.15, 0.2) is 6.10 Å². The number of morpholine rings is 1. The fourth-order valence-electron chi connectivity index (χ4n) is 1.98. The second-order valence-corrected chi connectivity index (χ2v) is 5.29. The summed E-state index contributed by atoms with van der Waals surface area (Å²) < 4.78 is 5.22. The quantitative estimate of drug-likeness (QED) is 0.833. The molecule has 0 saturated carbocycles. The molecule has 1 aliphatic heterocycles. The zero-order valence-electron chi connectivity index (χ0n) is 10.2. The number of nitrogens with zero attached hydrogens (tertiary/aromatic N) is 2. The first-order valence-corrected chi connectivity index (χ1v) is 6.99. The number of nitriles is 1. The minimum Gasteiger partial charge on any atom is -0.360 e. The van der Waals surface area contributed by atoms with Crippen molar-refractivity contribution in [2.24, 2.45) is 0 Å². The van der Waals surface area contributed by atoms with Crippen molar-refractivity contribution in [2.75, 3.05) is 19.7 Å². The number of aryl methyl sites for hydroxylation is 1. The van der Waals surface area contributed by atoms with E-state index in [1.165, 1.54) is 4.88 Å². The van der Waals surface area contributed by atoms with Crippen LogP contribution in [0.25, 0.3) is 0 Å².